The largest absolute Gasteiger partial charge is 0.507 e. The molecule has 0 spiro atoms. The second kappa shape index (κ2) is 7.45. The summed E-state index contributed by atoms with van der Waals surface area (Å²) in [6, 6.07) is 3.49. The smallest absolute Gasteiger partial charge is 0.123 e. The Balaban J connectivity index is 3.33. The minimum Gasteiger partial charge on any atom is -0.507 e. The number of hydrogen-bond donors (Lipinski definition) is 3. The van der Waals surface area contributed by atoms with Crippen molar-refractivity contribution in [2.24, 2.45) is 11.7 Å². The van der Waals surface area contributed by atoms with Gasteiger partial charge in [-0.05, 0) is 58.4 Å². The van der Waals surface area contributed by atoms with E-state index < -0.39 is 12.1 Å². The number of aliphatic hydroxyl groups is 1. The quantitative estimate of drug-likeness (QED) is 0.725. The third kappa shape index (κ3) is 5.22. The SMILES string of the molecule is CC(C)CC[C@H](O)[C@H](N)c1cc(C(C)(C)C)c(O)c(C(C)(C)C)c1. The zero-order valence-electron chi connectivity index (χ0n) is 16.8. The molecule has 0 radical (unpaired) electrons. The van der Waals surface area contributed by atoms with Gasteiger partial charge in [-0.1, -0.05) is 55.4 Å². The third-order valence-electron chi connectivity index (χ3n) is 4.59. The van der Waals surface area contributed by atoms with Gasteiger partial charge in [0.2, 0.25) is 0 Å². The molecule has 0 saturated heterocycles. The van der Waals surface area contributed by atoms with Crippen LogP contribution in [-0.2, 0) is 10.8 Å². The lowest BCUT2D eigenvalue weighted by Crippen LogP contribution is -2.28. The molecule has 0 fully saturated rings. The Morgan fingerprint density at radius 3 is 1.67 bits per heavy atom. The molecule has 0 unspecified atom stereocenters. The van der Waals surface area contributed by atoms with Crippen LogP contribution in [0.3, 0.4) is 0 Å². The molecule has 2 atom stereocenters. The van der Waals surface area contributed by atoms with Crippen molar-refractivity contribution in [3.05, 3.63) is 28.8 Å². The molecule has 0 aromatic heterocycles. The van der Waals surface area contributed by atoms with Gasteiger partial charge in [0.05, 0.1) is 12.1 Å². The second-order valence-corrected chi connectivity index (χ2v) is 9.53. The number of hydrogen-bond acceptors (Lipinski definition) is 3. The van der Waals surface area contributed by atoms with Crippen LogP contribution in [0.25, 0.3) is 0 Å². The first-order valence-electron chi connectivity index (χ1n) is 9.06. The monoisotopic (exact) mass is 335 g/mol. The molecule has 0 amide bonds. The van der Waals surface area contributed by atoms with E-state index in [-0.39, 0.29) is 10.8 Å². The van der Waals surface area contributed by atoms with Gasteiger partial charge in [-0.2, -0.15) is 0 Å². The maximum Gasteiger partial charge on any atom is 0.123 e. The molecule has 0 bridgehead atoms. The van der Waals surface area contributed by atoms with Crippen LogP contribution >= 0.6 is 0 Å². The van der Waals surface area contributed by atoms with Crippen molar-refractivity contribution < 1.29 is 10.2 Å². The lowest BCUT2D eigenvalue weighted by molar-refractivity contribution is 0.128. The molecular formula is C21H37NO2. The summed E-state index contributed by atoms with van der Waals surface area (Å²) in [5.41, 5.74) is 8.66. The number of phenols is 1. The minimum atomic E-state index is -0.572. The normalized spacial score (nSPS) is 15.6. The highest BCUT2D eigenvalue weighted by Gasteiger charge is 2.28. The Kier molecular flexibility index (Phi) is 6.51. The zero-order chi connectivity index (χ0) is 18.9. The summed E-state index contributed by atoms with van der Waals surface area (Å²) in [4.78, 5) is 0. The first kappa shape index (κ1) is 21.0. The van der Waals surface area contributed by atoms with Gasteiger partial charge in [0, 0.05) is 0 Å². The second-order valence-electron chi connectivity index (χ2n) is 9.53. The van der Waals surface area contributed by atoms with Crippen LogP contribution in [0.5, 0.6) is 5.75 Å². The fourth-order valence-electron chi connectivity index (χ4n) is 2.90. The zero-order valence-corrected chi connectivity index (χ0v) is 16.8. The number of aliphatic hydroxyl groups excluding tert-OH is 1. The molecular weight excluding hydrogens is 298 g/mol. The van der Waals surface area contributed by atoms with E-state index in [2.05, 4.69) is 55.4 Å². The van der Waals surface area contributed by atoms with Gasteiger partial charge in [0.25, 0.3) is 0 Å². The highest BCUT2D eigenvalue weighted by Crippen LogP contribution is 2.41. The minimum absolute atomic E-state index is 0.192. The number of rotatable bonds is 5. The van der Waals surface area contributed by atoms with Crippen molar-refractivity contribution in [2.45, 2.75) is 91.2 Å². The number of benzene rings is 1. The molecule has 4 N–H and O–H groups in total. The summed E-state index contributed by atoms with van der Waals surface area (Å²) in [6.45, 7) is 16.8. The Morgan fingerprint density at radius 2 is 1.33 bits per heavy atom. The van der Waals surface area contributed by atoms with Crippen LogP contribution in [0.4, 0.5) is 0 Å². The molecule has 3 nitrogen and oxygen atoms in total. The number of nitrogens with two attached hydrogens (primary N) is 1. The average Bonchev–Trinajstić information content (AvgIpc) is 2.41. The number of aromatic hydroxyl groups is 1. The molecule has 1 rings (SSSR count). The number of phenolic OH excluding ortho intramolecular Hbond substituents is 1. The van der Waals surface area contributed by atoms with Crippen LogP contribution in [0, 0.1) is 5.92 Å². The van der Waals surface area contributed by atoms with E-state index in [0.717, 1.165) is 23.1 Å². The summed E-state index contributed by atoms with van der Waals surface area (Å²) >= 11 is 0. The lowest BCUT2D eigenvalue weighted by atomic mass is 9.77. The predicted molar refractivity (Wildman–Crippen MR) is 103 cm³/mol. The fourth-order valence-corrected chi connectivity index (χ4v) is 2.90. The van der Waals surface area contributed by atoms with E-state index in [0.29, 0.717) is 18.1 Å². The molecule has 0 aliphatic carbocycles. The topological polar surface area (TPSA) is 66.5 Å². The fraction of sp³-hybridized carbons (Fsp3) is 0.714. The van der Waals surface area contributed by atoms with Crippen LogP contribution < -0.4 is 5.73 Å². The van der Waals surface area contributed by atoms with Gasteiger partial charge in [0.15, 0.2) is 0 Å². The summed E-state index contributed by atoms with van der Waals surface area (Å²) < 4.78 is 0. The van der Waals surface area contributed by atoms with E-state index in [1.165, 1.54) is 0 Å². The summed E-state index contributed by atoms with van der Waals surface area (Å²) in [5.74, 6) is 0.893. The van der Waals surface area contributed by atoms with Crippen LogP contribution in [0.1, 0.15) is 91.0 Å². The Morgan fingerprint density at radius 1 is 0.917 bits per heavy atom. The molecule has 3 heteroatoms. The highest BCUT2D eigenvalue weighted by atomic mass is 16.3. The van der Waals surface area contributed by atoms with E-state index in [9.17, 15) is 10.2 Å². The molecule has 0 heterocycles. The van der Waals surface area contributed by atoms with Gasteiger partial charge >= 0.3 is 0 Å². The molecule has 24 heavy (non-hydrogen) atoms. The van der Waals surface area contributed by atoms with Crippen molar-refractivity contribution in [3.8, 4) is 5.75 Å². The van der Waals surface area contributed by atoms with Crippen molar-refractivity contribution >= 4 is 0 Å². The molecule has 0 saturated carbocycles. The van der Waals surface area contributed by atoms with Crippen molar-refractivity contribution in [1.29, 1.82) is 0 Å². The molecule has 0 aliphatic rings. The van der Waals surface area contributed by atoms with Gasteiger partial charge in [-0.25, -0.2) is 0 Å². The van der Waals surface area contributed by atoms with E-state index in [1.54, 1.807) is 0 Å². The summed E-state index contributed by atoms with van der Waals surface area (Å²) in [6.07, 6.45) is 1.07. The molecule has 0 aliphatic heterocycles. The van der Waals surface area contributed by atoms with Crippen molar-refractivity contribution in [3.63, 3.8) is 0 Å². The molecule has 1 aromatic rings. The van der Waals surface area contributed by atoms with Gasteiger partial charge in [-0.15, -0.1) is 0 Å². The van der Waals surface area contributed by atoms with Crippen LogP contribution in [0.2, 0.25) is 0 Å². The maximum absolute atomic E-state index is 10.8. The molecule has 1 aromatic carbocycles. The summed E-state index contributed by atoms with van der Waals surface area (Å²) in [7, 11) is 0. The third-order valence-corrected chi connectivity index (χ3v) is 4.59. The first-order valence-corrected chi connectivity index (χ1v) is 9.06. The van der Waals surface area contributed by atoms with Crippen LogP contribution in [-0.4, -0.2) is 16.3 Å². The maximum atomic E-state index is 10.8. The standard InChI is InChI=1S/C21H37NO2/c1-13(2)9-10-17(23)18(22)14-11-15(20(3,4)5)19(24)16(12-14)21(6,7)8/h11-13,17-18,23-24H,9-10,22H2,1-8H3/t17-,18+/m0/s1. The lowest BCUT2D eigenvalue weighted by Gasteiger charge is -2.30. The Bertz CT molecular complexity index is 515. The van der Waals surface area contributed by atoms with Gasteiger partial charge in [0.1, 0.15) is 5.75 Å². The molecule has 138 valence electrons. The highest BCUT2D eigenvalue weighted by molar-refractivity contribution is 5.50. The van der Waals surface area contributed by atoms with Crippen LogP contribution in [0.15, 0.2) is 12.1 Å². The van der Waals surface area contributed by atoms with Gasteiger partial charge in [-0.3, -0.25) is 0 Å². The summed E-state index contributed by atoms with van der Waals surface area (Å²) in [5, 5.41) is 21.3. The van der Waals surface area contributed by atoms with E-state index in [4.69, 9.17) is 5.73 Å². The Hall–Kier alpha value is -1.06. The predicted octanol–water partition coefficient (Wildman–Crippen LogP) is 4.78. The van der Waals surface area contributed by atoms with E-state index >= 15 is 0 Å². The van der Waals surface area contributed by atoms with E-state index in [1.807, 2.05) is 12.1 Å². The van der Waals surface area contributed by atoms with Crippen molar-refractivity contribution in [2.75, 3.05) is 0 Å². The van der Waals surface area contributed by atoms with Crippen molar-refractivity contribution in [1.82, 2.24) is 0 Å². The average molecular weight is 336 g/mol. The first-order chi connectivity index (χ1) is 10.7. The van der Waals surface area contributed by atoms with Gasteiger partial charge < -0.3 is 15.9 Å². The Labute approximate surface area is 148 Å².